The van der Waals surface area contributed by atoms with E-state index < -0.39 is 0 Å². The number of para-hydroxylation sites is 2. The lowest BCUT2D eigenvalue weighted by Crippen LogP contribution is -2.29. The molecule has 0 heterocycles. The Morgan fingerprint density at radius 2 is 2.16 bits per heavy atom. The lowest BCUT2D eigenvalue weighted by molar-refractivity contribution is -0.119. The van der Waals surface area contributed by atoms with Crippen molar-refractivity contribution in [2.75, 3.05) is 25.0 Å². The molecule has 1 rings (SSSR count). The van der Waals surface area contributed by atoms with Crippen LogP contribution in [0.5, 0.6) is 5.75 Å². The maximum atomic E-state index is 11.5. The van der Waals surface area contributed by atoms with E-state index >= 15 is 0 Å². The fourth-order valence-corrected chi connectivity index (χ4v) is 1.36. The highest BCUT2D eigenvalue weighted by molar-refractivity contribution is 5.81. The van der Waals surface area contributed by atoms with E-state index in [9.17, 15) is 4.79 Å². The summed E-state index contributed by atoms with van der Waals surface area (Å²) >= 11 is 0. The van der Waals surface area contributed by atoms with E-state index in [2.05, 4.69) is 23.8 Å². The van der Waals surface area contributed by atoms with Crippen LogP contribution < -0.4 is 15.4 Å². The first kappa shape index (κ1) is 14.8. The Morgan fingerprint density at radius 3 is 2.84 bits per heavy atom. The van der Waals surface area contributed by atoms with Crippen molar-refractivity contribution in [1.82, 2.24) is 5.32 Å². The molecule has 19 heavy (non-hydrogen) atoms. The number of nitrogens with one attached hydrogen (secondary N) is 2. The van der Waals surface area contributed by atoms with Crippen molar-refractivity contribution in [3.8, 4) is 5.75 Å². The molecule has 0 atom stereocenters. The Labute approximate surface area is 114 Å². The zero-order valence-electron chi connectivity index (χ0n) is 11.2. The third-order valence-electron chi connectivity index (χ3n) is 2.24. The Hall–Kier alpha value is -2.23. The highest BCUT2D eigenvalue weighted by Gasteiger charge is 2.04. The molecule has 2 N–H and O–H groups in total. The Kier molecular flexibility index (Phi) is 6.22. The van der Waals surface area contributed by atoms with E-state index in [0.29, 0.717) is 18.9 Å². The molecule has 0 unspecified atom stereocenters. The quantitative estimate of drug-likeness (QED) is 0.705. The number of hydrogen-bond donors (Lipinski definition) is 2. The molecule has 4 heteroatoms. The zero-order chi connectivity index (χ0) is 14.1. The largest absolute Gasteiger partial charge is 0.487 e. The molecule has 0 aliphatic heterocycles. The van der Waals surface area contributed by atoms with Gasteiger partial charge in [-0.2, -0.15) is 0 Å². The van der Waals surface area contributed by atoms with Gasteiger partial charge in [-0.1, -0.05) is 24.8 Å². The first-order valence-corrected chi connectivity index (χ1v) is 6.11. The minimum absolute atomic E-state index is 0.0883. The summed E-state index contributed by atoms with van der Waals surface area (Å²) in [4.78, 5) is 11.5. The van der Waals surface area contributed by atoms with Gasteiger partial charge in [-0.25, -0.2) is 0 Å². The second kappa shape index (κ2) is 7.97. The van der Waals surface area contributed by atoms with Crippen molar-refractivity contribution in [2.45, 2.75) is 6.92 Å². The van der Waals surface area contributed by atoms with Gasteiger partial charge in [0, 0.05) is 6.54 Å². The number of carbonyl (C=O) groups excluding carboxylic acids is 1. The van der Waals surface area contributed by atoms with Crippen molar-refractivity contribution in [1.29, 1.82) is 0 Å². The summed E-state index contributed by atoms with van der Waals surface area (Å²) in [6.07, 6.45) is 1.64. The summed E-state index contributed by atoms with van der Waals surface area (Å²) < 4.78 is 5.60. The maximum absolute atomic E-state index is 11.5. The van der Waals surface area contributed by atoms with E-state index in [-0.39, 0.29) is 12.5 Å². The van der Waals surface area contributed by atoms with Crippen molar-refractivity contribution in [3.63, 3.8) is 0 Å². The predicted molar refractivity (Wildman–Crippen MR) is 78.4 cm³/mol. The zero-order valence-corrected chi connectivity index (χ0v) is 11.2. The molecule has 102 valence electrons. The average molecular weight is 260 g/mol. The molecule has 0 saturated carbocycles. The number of rotatable bonds is 8. The van der Waals surface area contributed by atoms with Gasteiger partial charge in [0.1, 0.15) is 12.4 Å². The lowest BCUT2D eigenvalue weighted by Gasteiger charge is -2.13. The van der Waals surface area contributed by atoms with Gasteiger partial charge in [0.25, 0.3) is 0 Å². The molecule has 0 bridgehead atoms. The van der Waals surface area contributed by atoms with Crippen LogP contribution in [0, 0.1) is 0 Å². The second-order valence-corrected chi connectivity index (χ2v) is 4.19. The van der Waals surface area contributed by atoms with E-state index in [0.717, 1.165) is 11.3 Å². The molecule has 1 aromatic carbocycles. The molecule has 0 aliphatic carbocycles. The van der Waals surface area contributed by atoms with Crippen LogP contribution in [-0.4, -0.2) is 25.6 Å². The number of anilines is 1. The minimum atomic E-state index is -0.0883. The summed E-state index contributed by atoms with van der Waals surface area (Å²) in [5.41, 5.74) is 1.73. The first-order valence-electron chi connectivity index (χ1n) is 6.11. The molecule has 0 aliphatic rings. The summed E-state index contributed by atoms with van der Waals surface area (Å²) in [6, 6.07) is 7.50. The van der Waals surface area contributed by atoms with Crippen LogP contribution in [0.4, 0.5) is 5.69 Å². The smallest absolute Gasteiger partial charge is 0.239 e. The van der Waals surface area contributed by atoms with Gasteiger partial charge < -0.3 is 15.4 Å². The monoisotopic (exact) mass is 260 g/mol. The predicted octanol–water partition coefficient (Wildman–Crippen LogP) is 2.36. The van der Waals surface area contributed by atoms with Crippen molar-refractivity contribution in [2.24, 2.45) is 0 Å². The standard InChI is InChI=1S/C15H20N2O2/c1-4-9-16-15(18)10-17-13-7-5-6-8-14(13)19-11-12(2)3/h4-8,17H,1-2,9-11H2,3H3,(H,16,18). The SMILES string of the molecule is C=CCNC(=O)CNc1ccccc1OCC(=C)C. The van der Waals surface area contributed by atoms with E-state index in [1.807, 2.05) is 31.2 Å². The van der Waals surface area contributed by atoms with E-state index in [4.69, 9.17) is 4.74 Å². The van der Waals surface area contributed by atoms with Crippen LogP contribution in [0.1, 0.15) is 6.92 Å². The molecule has 0 fully saturated rings. The normalized spacial score (nSPS) is 9.53. The van der Waals surface area contributed by atoms with E-state index in [1.54, 1.807) is 6.08 Å². The van der Waals surface area contributed by atoms with Crippen LogP contribution >= 0.6 is 0 Å². The van der Waals surface area contributed by atoms with Gasteiger partial charge in [0.2, 0.25) is 5.91 Å². The highest BCUT2D eigenvalue weighted by Crippen LogP contribution is 2.23. The van der Waals surface area contributed by atoms with Crippen molar-refractivity contribution >= 4 is 11.6 Å². The van der Waals surface area contributed by atoms with Crippen LogP contribution in [-0.2, 0) is 4.79 Å². The van der Waals surface area contributed by atoms with Gasteiger partial charge in [0.05, 0.1) is 12.2 Å². The molecule has 0 aromatic heterocycles. The molecule has 0 radical (unpaired) electrons. The second-order valence-electron chi connectivity index (χ2n) is 4.19. The highest BCUT2D eigenvalue weighted by atomic mass is 16.5. The average Bonchev–Trinajstić information content (AvgIpc) is 2.41. The molecule has 4 nitrogen and oxygen atoms in total. The lowest BCUT2D eigenvalue weighted by atomic mass is 10.3. The van der Waals surface area contributed by atoms with E-state index in [1.165, 1.54) is 0 Å². The minimum Gasteiger partial charge on any atom is -0.487 e. The first-order chi connectivity index (χ1) is 9.13. The Balaban J connectivity index is 2.54. The molecular formula is C15H20N2O2. The number of benzene rings is 1. The number of carbonyl (C=O) groups is 1. The maximum Gasteiger partial charge on any atom is 0.239 e. The van der Waals surface area contributed by atoms with Gasteiger partial charge >= 0.3 is 0 Å². The summed E-state index contributed by atoms with van der Waals surface area (Å²) in [6.45, 7) is 10.4. The fourth-order valence-electron chi connectivity index (χ4n) is 1.36. The van der Waals surface area contributed by atoms with Crippen LogP contribution in [0.15, 0.2) is 49.1 Å². The molecule has 0 spiro atoms. The molecule has 1 amide bonds. The fraction of sp³-hybridized carbons (Fsp3) is 0.267. The Morgan fingerprint density at radius 1 is 1.42 bits per heavy atom. The number of hydrogen-bond acceptors (Lipinski definition) is 3. The summed E-state index contributed by atoms with van der Waals surface area (Å²) in [5, 5.41) is 5.74. The summed E-state index contributed by atoms with van der Waals surface area (Å²) in [7, 11) is 0. The third kappa shape index (κ3) is 5.77. The molecular weight excluding hydrogens is 240 g/mol. The van der Waals surface area contributed by atoms with Gasteiger partial charge in [-0.3, -0.25) is 4.79 Å². The van der Waals surface area contributed by atoms with Crippen LogP contribution in [0.2, 0.25) is 0 Å². The topological polar surface area (TPSA) is 50.4 Å². The van der Waals surface area contributed by atoms with Crippen LogP contribution in [0.25, 0.3) is 0 Å². The Bertz CT molecular complexity index is 455. The van der Waals surface area contributed by atoms with Gasteiger partial charge in [-0.05, 0) is 24.6 Å². The third-order valence-corrected chi connectivity index (χ3v) is 2.24. The summed E-state index contributed by atoms with van der Waals surface area (Å²) in [5.74, 6) is 0.622. The number of amides is 1. The van der Waals surface area contributed by atoms with Gasteiger partial charge in [-0.15, -0.1) is 6.58 Å². The molecule has 1 aromatic rings. The van der Waals surface area contributed by atoms with Gasteiger partial charge in [0.15, 0.2) is 0 Å². The van der Waals surface area contributed by atoms with Crippen molar-refractivity contribution in [3.05, 3.63) is 49.1 Å². The van der Waals surface area contributed by atoms with Crippen LogP contribution in [0.3, 0.4) is 0 Å². The number of ether oxygens (including phenoxy) is 1. The molecule has 0 saturated heterocycles. The van der Waals surface area contributed by atoms with Crippen molar-refractivity contribution < 1.29 is 9.53 Å².